The molecule has 2 aromatic heterocycles. The van der Waals surface area contributed by atoms with E-state index >= 15 is 0 Å². The Hall–Kier alpha value is -2.80. The number of carbonyl (C=O) groups excluding carboxylic acids is 2. The molecule has 0 unspecified atom stereocenters. The van der Waals surface area contributed by atoms with E-state index in [1.807, 2.05) is 24.3 Å². The van der Waals surface area contributed by atoms with Crippen molar-refractivity contribution in [3.63, 3.8) is 0 Å². The Morgan fingerprint density at radius 3 is 2.92 bits per heavy atom. The van der Waals surface area contributed by atoms with Gasteiger partial charge in [-0.25, -0.2) is 9.78 Å². The highest BCUT2D eigenvalue weighted by Gasteiger charge is 2.24. The predicted molar refractivity (Wildman–Crippen MR) is 99.3 cm³/mol. The molecule has 4 rings (SSSR count). The normalized spacial score (nSPS) is 12.8. The lowest BCUT2D eigenvalue weighted by molar-refractivity contribution is -0.114. The number of esters is 1. The largest absolute Gasteiger partial charge is 0.456 e. The molecule has 0 saturated carbocycles. The van der Waals surface area contributed by atoms with Gasteiger partial charge < -0.3 is 10.1 Å². The highest BCUT2D eigenvalue weighted by molar-refractivity contribution is 7.13. The van der Waals surface area contributed by atoms with E-state index in [0.717, 1.165) is 41.4 Å². The van der Waals surface area contributed by atoms with E-state index in [1.165, 1.54) is 18.3 Å². The van der Waals surface area contributed by atoms with Gasteiger partial charge in [-0.3, -0.25) is 9.78 Å². The molecular weight excluding hydrogens is 350 g/mol. The number of ether oxygens (including phenoxy) is 1. The second-order valence-electron chi connectivity index (χ2n) is 6.18. The van der Waals surface area contributed by atoms with Gasteiger partial charge in [-0.1, -0.05) is 18.2 Å². The number of carbonyl (C=O) groups is 2. The zero-order chi connectivity index (χ0) is 18.1. The Kier molecular flexibility index (Phi) is 4.38. The summed E-state index contributed by atoms with van der Waals surface area (Å²) >= 11 is 1.30. The monoisotopic (exact) mass is 367 g/mol. The summed E-state index contributed by atoms with van der Waals surface area (Å²) in [5.41, 5.74) is 4.06. The number of para-hydroxylation sites is 1. The van der Waals surface area contributed by atoms with E-state index in [1.54, 1.807) is 5.38 Å². The van der Waals surface area contributed by atoms with Gasteiger partial charge in [-0.2, -0.15) is 0 Å². The molecule has 0 saturated heterocycles. The van der Waals surface area contributed by atoms with Gasteiger partial charge >= 0.3 is 5.97 Å². The third kappa shape index (κ3) is 3.17. The van der Waals surface area contributed by atoms with E-state index in [-0.39, 0.29) is 18.5 Å². The molecule has 0 spiro atoms. The Morgan fingerprint density at radius 1 is 1.23 bits per heavy atom. The highest BCUT2D eigenvalue weighted by Crippen LogP contribution is 2.30. The Morgan fingerprint density at radius 2 is 2.08 bits per heavy atom. The quantitative estimate of drug-likeness (QED) is 0.714. The van der Waals surface area contributed by atoms with E-state index in [0.29, 0.717) is 16.4 Å². The van der Waals surface area contributed by atoms with Crippen molar-refractivity contribution in [1.29, 1.82) is 0 Å². The number of fused-ring (bicyclic) bond motifs is 2. The molecule has 1 aliphatic carbocycles. The van der Waals surface area contributed by atoms with Crippen LogP contribution in [0.1, 0.15) is 40.7 Å². The summed E-state index contributed by atoms with van der Waals surface area (Å²) in [5.74, 6) is -0.530. The van der Waals surface area contributed by atoms with Crippen molar-refractivity contribution in [3.05, 3.63) is 52.2 Å². The Labute approximate surface area is 154 Å². The number of aromatic nitrogens is 2. The fourth-order valence-corrected chi connectivity index (χ4v) is 3.98. The van der Waals surface area contributed by atoms with E-state index in [4.69, 9.17) is 4.74 Å². The third-order valence-corrected chi connectivity index (χ3v) is 5.12. The standard InChI is InChI=1S/C19H17N3O3S/c1-11(23)20-19-21-12(10-26-19)9-25-18(24)17-13-5-2-3-7-15(13)22-16-8-4-6-14(16)17/h2-3,5,7,10H,4,6,8-9H2,1H3,(H,20,21,23). The number of hydrogen-bond acceptors (Lipinski definition) is 6. The van der Waals surface area contributed by atoms with Crippen molar-refractivity contribution >= 4 is 39.2 Å². The van der Waals surface area contributed by atoms with Crippen LogP contribution in [0.25, 0.3) is 10.9 Å². The first kappa shape index (κ1) is 16.7. The summed E-state index contributed by atoms with van der Waals surface area (Å²) < 4.78 is 5.53. The minimum atomic E-state index is -0.351. The lowest BCUT2D eigenvalue weighted by Gasteiger charge is -2.11. The summed E-state index contributed by atoms with van der Waals surface area (Å²) in [5, 5.41) is 5.72. The van der Waals surface area contributed by atoms with Crippen LogP contribution in [0.15, 0.2) is 29.6 Å². The van der Waals surface area contributed by atoms with Crippen LogP contribution in [0.4, 0.5) is 5.13 Å². The Bertz CT molecular complexity index is 1010. The summed E-state index contributed by atoms with van der Waals surface area (Å²) in [4.78, 5) is 32.8. The average molecular weight is 367 g/mol. The first-order chi connectivity index (χ1) is 12.6. The van der Waals surface area contributed by atoms with Crippen LogP contribution in [0, 0.1) is 0 Å². The van der Waals surface area contributed by atoms with Crippen LogP contribution in [0.3, 0.4) is 0 Å². The number of thiazole rings is 1. The number of rotatable bonds is 4. The zero-order valence-corrected chi connectivity index (χ0v) is 15.1. The second kappa shape index (κ2) is 6.84. The molecule has 7 heteroatoms. The number of anilines is 1. The third-order valence-electron chi connectivity index (χ3n) is 4.31. The molecular formula is C19H17N3O3S. The minimum absolute atomic E-state index is 0.0698. The van der Waals surface area contributed by atoms with E-state index < -0.39 is 0 Å². The molecule has 26 heavy (non-hydrogen) atoms. The van der Waals surface area contributed by atoms with Gasteiger partial charge in [0.25, 0.3) is 0 Å². The Balaban J connectivity index is 1.59. The van der Waals surface area contributed by atoms with Gasteiger partial charge in [-0.15, -0.1) is 11.3 Å². The van der Waals surface area contributed by atoms with E-state index in [2.05, 4.69) is 15.3 Å². The molecule has 2 heterocycles. The van der Waals surface area contributed by atoms with Crippen LogP contribution >= 0.6 is 11.3 Å². The van der Waals surface area contributed by atoms with Gasteiger partial charge in [0.2, 0.25) is 5.91 Å². The molecule has 3 aromatic rings. The van der Waals surface area contributed by atoms with Gasteiger partial charge in [0.1, 0.15) is 6.61 Å². The fourth-order valence-electron chi connectivity index (χ4n) is 3.24. The van der Waals surface area contributed by atoms with Gasteiger partial charge in [-0.05, 0) is 30.9 Å². The number of aryl methyl sites for hydroxylation is 1. The topological polar surface area (TPSA) is 81.2 Å². The molecule has 0 bridgehead atoms. The summed E-state index contributed by atoms with van der Waals surface area (Å²) in [6.45, 7) is 1.50. The number of amides is 1. The van der Waals surface area contributed by atoms with Crippen molar-refractivity contribution in [2.45, 2.75) is 32.8 Å². The number of benzene rings is 1. The van der Waals surface area contributed by atoms with Gasteiger partial charge in [0.15, 0.2) is 5.13 Å². The maximum atomic E-state index is 12.8. The summed E-state index contributed by atoms with van der Waals surface area (Å²) in [6, 6.07) is 7.66. The lowest BCUT2D eigenvalue weighted by Crippen LogP contribution is -2.11. The summed E-state index contributed by atoms with van der Waals surface area (Å²) in [6.07, 6.45) is 2.75. The fraction of sp³-hybridized carbons (Fsp3) is 0.263. The van der Waals surface area contributed by atoms with Crippen LogP contribution in [0.5, 0.6) is 0 Å². The van der Waals surface area contributed by atoms with Crippen molar-refractivity contribution < 1.29 is 14.3 Å². The molecule has 132 valence electrons. The molecule has 1 aromatic carbocycles. The lowest BCUT2D eigenvalue weighted by atomic mass is 10.0. The SMILES string of the molecule is CC(=O)Nc1nc(COC(=O)c2c3c(nc4ccccc24)CCC3)cs1. The molecule has 1 N–H and O–H groups in total. The molecule has 1 aliphatic rings. The van der Waals surface area contributed by atoms with Gasteiger partial charge in [0.05, 0.1) is 16.8 Å². The number of nitrogens with zero attached hydrogens (tertiary/aromatic N) is 2. The van der Waals surface area contributed by atoms with Gasteiger partial charge in [0, 0.05) is 23.4 Å². The van der Waals surface area contributed by atoms with Crippen LogP contribution < -0.4 is 5.32 Å². The van der Waals surface area contributed by atoms with Crippen molar-refractivity contribution in [1.82, 2.24) is 9.97 Å². The van der Waals surface area contributed by atoms with Crippen molar-refractivity contribution in [2.75, 3.05) is 5.32 Å². The number of pyridine rings is 1. The maximum Gasteiger partial charge on any atom is 0.339 e. The maximum absolute atomic E-state index is 12.8. The smallest absolute Gasteiger partial charge is 0.339 e. The average Bonchev–Trinajstić information content (AvgIpc) is 3.26. The molecule has 0 atom stereocenters. The zero-order valence-electron chi connectivity index (χ0n) is 14.2. The molecule has 1 amide bonds. The number of hydrogen-bond donors (Lipinski definition) is 1. The highest BCUT2D eigenvalue weighted by atomic mass is 32.1. The van der Waals surface area contributed by atoms with Crippen molar-refractivity contribution in [3.8, 4) is 0 Å². The minimum Gasteiger partial charge on any atom is -0.456 e. The molecule has 0 aliphatic heterocycles. The number of nitrogens with one attached hydrogen (secondary N) is 1. The predicted octanol–water partition coefficient (Wildman–Crippen LogP) is 3.50. The first-order valence-corrected chi connectivity index (χ1v) is 9.29. The molecule has 6 nitrogen and oxygen atoms in total. The van der Waals surface area contributed by atoms with Crippen molar-refractivity contribution in [2.24, 2.45) is 0 Å². The van der Waals surface area contributed by atoms with E-state index in [9.17, 15) is 9.59 Å². The summed E-state index contributed by atoms with van der Waals surface area (Å²) in [7, 11) is 0. The molecule has 0 fully saturated rings. The van der Waals surface area contributed by atoms with Crippen LogP contribution in [0.2, 0.25) is 0 Å². The molecule has 0 radical (unpaired) electrons. The van der Waals surface area contributed by atoms with Crippen LogP contribution in [-0.2, 0) is 29.0 Å². The first-order valence-electron chi connectivity index (χ1n) is 8.41. The second-order valence-corrected chi connectivity index (χ2v) is 7.04. The van der Waals surface area contributed by atoms with Crippen LogP contribution in [-0.4, -0.2) is 21.8 Å².